The zero-order valence-corrected chi connectivity index (χ0v) is 19.2. The van der Waals surface area contributed by atoms with Gasteiger partial charge in [0.1, 0.15) is 17.2 Å². The van der Waals surface area contributed by atoms with Gasteiger partial charge in [-0.25, -0.2) is 9.59 Å². The van der Waals surface area contributed by atoms with Crippen LogP contribution >= 0.6 is 0 Å². The van der Waals surface area contributed by atoms with Crippen LogP contribution < -0.4 is 5.63 Å². The molecule has 1 atom stereocenters. The normalized spacial score (nSPS) is 16.9. The highest BCUT2D eigenvalue weighted by molar-refractivity contribution is 6.00. The number of rotatable bonds is 4. The molecule has 2 aromatic heterocycles. The summed E-state index contributed by atoms with van der Waals surface area (Å²) in [5.41, 5.74) is 3.72. The molecule has 4 rings (SSSR count). The predicted octanol–water partition coefficient (Wildman–Crippen LogP) is 4.46. The van der Waals surface area contributed by atoms with Crippen molar-refractivity contribution in [2.45, 2.75) is 71.8 Å². The minimum Gasteiger partial charge on any atom is -0.480 e. The van der Waals surface area contributed by atoms with Crippen LogP contribution in [0.25, 0.3) is 21.9 Å². The van der Waals surface area contributed by atoms with Crippen molar-refractivity contribution < 1.29 is 23.5 Å². The number of carboxylic acids is 1. The molecule has 1 fully saturated rings. The summed E-state index contributed by atoms with van der Waals surface area (Å²) < 4.78 is 11.5. The Labute approximate surface area is 186 Å². The summed E-state index contributed by atoms with van der Waals surface area (Å²) in [4.78, 5) is 38.3. The van der Waals surface area contributed by atoms with Gasteiger partial charge in [0, 0.05) is 40.4 Å². The van der Waals surface area contributed by atoms with Crippen molar-refractivity contribution in [1.29, 1.82) is 0 Å². The second-order valence-electron chi connectivity index (χ2n) is 9.73. The Hall–Kier alpha value is -3.09. The number of nitrogens with zero attached hydrogens (tertiary/aromatic N) is 1. The number of carbonyl (C=O) groups excluding carboxylic acids is 1. The maximum Gasteiger partial charge on any atom is 0.339 e. The molecule has 0 spiro atoms. The van der Waals surface area contributed by atoms with Crippen LogP contribution in [0, 0.1) is 13.8 Å². The third-order valence-electron chi connectivity index (χ3n) is 6.60. The average Bonchev–Trinajstić information content (AvgIpc) is 3.36. The fraction of sp³-hybridized carbons (Fsp3) is 0.480. The summed E-state index contributed by atoms with van der Waals surface area (Å²) in [5.74, 6) is -1.23. The summed E-state index contributed by atoms with van der Waals surface area (Å²) in [6.07, 6.45) is 3.18. The van der Waals surface area contributed by atoms with Gasteiger partial charge in [-0.3, -0.25) is 4.79 Å². The monoisotopic (exact) mass is 439 g/mol. The summed E-state index contributed by atoms with van der Waals surface area (Å²) in [6.45, 7) is 10.6. The molecule has 1 amide bonds. The lowest BCUT2D eigenvalue weighted by Gasteiger charge is -2.21. The Morgan fingerprint density at radius 3 is 2.53 bits per heavy atom. The van der Waals surface area contributed by atoms with E-state index in [1.807, 2.05) is 19.9 Å². The molecule has 1 aromatic carbocycles. The first-order valence-corrected chi connectivity index (χ1v) is 11.0. The number of hydrogen-bond acceptors (Lipinski definition) is 5. The van der Waals surface area contributed by atoms with E-state index in [1.165, 1.54) is 4.90 Å². The van der Waals surface area contributed by atoms with E-state index >= 15 is 0 Å². The van der Waals surface area contributed by atoms with Gasteiger partial charge in [0.25, 0.3) is 0 Å². The van der Waals surface area contributed by atoms with Gasteiger partial charge in [-0.05, 0) is 50.2 Å². The number of aliphatic carboxylic acids is 1. The maximum atomic E-state index is 12.8. The maximum absolute atomic E-state index is 12.8. The van der Waals surface area contributed by atoms with Gasteiger partial charge in [0.2, 0.25) is 5.91 Å². The van der Waals surface area contributed by atoms with Gasteiger partial charge in [-0.2, -0.15) is 0 Å². The van der Waals surface area contributed by atoms with Crippen molar-refractivity contribution in [3.05, 3.63) is 45.0 Å². The summed E-state index contributed by atoms with van der Waals surface area (Å²) >= 11 is 0. The van der Waals surface area contributed by atoms with E-state index in [2.05, 4.69) is 20.8 Å². The smallest absolute Gasteiger partial charge is 0.339 e. The summed E-state index contributed by atoms with van der Waals surface area (Å²) in [6, 6.07) is 1.23. The quantitative estimate of drug-likeness (QED) is 0.602. The third-order valence-corrected chi connectivity index (χ3v) is 6.60. The molecule has 1 unspecified atom stereocenters. The molecule has 32 heavy (non-hydrogen) atoms. The Balaban J connectivity index is 1.73. The van der Waals surface area contributed by atoms with E-state index in [0.29, 0.717) is 36.1 Å². The topological polar surface area (TPSA) is 101 Å². The first kappa shape index (κ1) is 22.1. The van der Waals surface area contributed by atoms with Crippen LogP contribution in [0.1, 0.15) is 62.3 Å². The van der Waals surface area contributed by atoms with Crippen LogP contribution in [0.15, 0.2) is 26.0 Å². The standard InChI is InChI=1S/C25H29NO6/c1-13-15(8-9-20(27)26-10-6-7-19(26)23(28)29)24(30)32-22-14(2)21-17(11-16(13)22)18(12-31-21)25(3,4)5/h11-12,19H,6-10H2,1-5H3,(H,28,29). The van der Waals surface area contributed by atoms with Crippen molar-refractivity contribution in [3.8, 4) is 0 Å². The zero-order chi connectivity index (χ0) is 23.4. The number of hydrogen-bond donors (Lipinski definition) is 1. The number of furan rings is 1. The van der Waals surface area contributed by atoms with Crippen LogP contribution in [0.4, 0.5) is 0 Å². The van der Waals surface area contributed by atoms with E-state index in [-0.39, 0.29) is 24.2 Å². The molecule has 1 aliphatic heterocycles. The van der Waals surface area contributed by atoms with Crippen LogP contribution in [0.5, 0.6) is 0 Å². The minimum absolute atomic E-state index is 0.0705. The SMILES string of the molecule is Cc1c(CCC(=O)N2CCCC2C(=O)O)c(=O)oc2c(C)c3occ(C(C)(C)C)c3cc12. The lowest BCUT2D eigenvalue weighted by Crippen LogP contribution is -2.40. The van der Waals surface area contributed by atoms with Crippen LogP contribution in [-0.2, 0) is 21.4 Å². The lowest BCUT2D eigenvalue weighted by molar-refractivity contribution is -0.148. The lowest BCUT2D eigenvalue weighted by atomic mass is 9.86. The Bertz CT molecular complexity index is 1290. The van der Waals surface area contributed by atoms with Crippen molar-refractivity contribution in [3.63, 3.8) is 0 Å². The Kier molecular flexibility index (Phi) is 5.39. The largest absolute Gasteiger partial charge is 0.480 e. The highest BCUT2D eigenvalue weighted by Crippen LogP contribution is 2.37. The van der Waals surface area contributed by atoms with Gasteiger partial charge in [-0.15, -0.1) is 0 Å². The van der Waals surface area contributed by atoms with Crippen molar-refractivity contribution in [1.82, 2.24) is 4.90 Å². The van der Waals surface area contributed by atoms with Crippen LogP contribution in [0.2, 0.25) is 0 Å². The Morgan fingerprint density at radius 2 is 1.88 bits per heavy atom. The van der Waals surface area contributed by atoms with E-state index in [0.717, 1.165) is 27.5 Å². The van der Waals surface area contributed by atoms with E-state index < -0.39 is 17.6 Å². The number of likely N-dealkylation sites (tertiary alicyclic amines) is 1. The molecule has 1 aliphatic rings. The third kappa shape index (κ3) is 3.59. The van der Waals surface area contributed by atoms with E-state index in [1.54, 1.807) is 6.26 Å². The molecule has 0 saturated carbocycles. The Morgan fingerprint density at radius 1 is 1.16 bits per heavy atom. The second-order valence-corrected chi connectivity index (χ2v) is 9.73. The molecule has 0 bridgehead atoms. The molecule has 1 N–H and O–H groups in total. The van der Waals surface area contributed by atoms with Gasteiger partial charge in [0.05, 0.1) is 6.26 Å². The molecule has 7 nitrogen and oxygen atoms in total. The molecule has 170 valence electrons. The van der Waals surface area contributed by atoms with Gasteiger partial charge >= 0.3 is 11.6 Å². The highest BCUT2D eigenvalue weighted by atomic mass is 16.4. The molecule has 0 radical (unpaired) electrons. The van der Waals surface area contributed by atoms with Gasteiger partial charge in [-0.1, -0.05) is 20.8 Å². The summed E-state index contributed by atoms with van der Waals surface area (Å²) in [5, 5.41) is 11.1. The first-order valence-electron chi connectivity index (χ1n) is 11.0. The molecule has 1 saturated heterocycles. The fourth-order valence-electron chi connectivity index (χ4n) is 4.76. The van der Waals surface area contributed by atoms with Gasteiger partial charge in [0.15, 0.2) is 0 Å². The fourth-order valence-corrected chi connectivity index (χ4v) is 4.76. The molecule has 3 heterocycles. The van der Waals surface area contributed by atoms with Crippen molar-refractivity contribution >= 4 is 33.8 Å². The predicted molar refractivity (Wildman–Crippen MR) is 121 cm³/mol. The zero-order valence-electron chi connectivity index (χ0n) is 19.2. The van der Waals surface area contributed by atoms with Crippen LogP contribution in [0.3, 0.4) is 0 Å². The number of carbonyl (C=O) groups is 2. The number of amides is 1. The van der Waals surface area contributed by atoms with Crippen LogP contribution in [-0.4, -0.2) is 34.5 Å². The first-order chi connectivity index (χ1) is 15.0. The summed E-state index contributed by atoms with van der Waals surface area (Å²) in [7, 11) is 0. The molecule has 7 heteroatoms. The molecule has 3 aromatic rings. The minimum atomic E-state index is -0.980. The van der Waals surface area contributed by atoms with Gasteiger partial charge < -0.3 is 18.8 Å². The molecular formula is C25H29NO6. The highest BCUT2D eigenvalue weighted by Gasteiger charge is 2.33. The number of aryl methyl sites for hydroxylation is 2. The molecular weight excluding hydrogens is 410 g/mol. The average molecular weight is 440 g/mol. The number of carboxylic acid groups (broad SMARTS) is 1. The van der Waals surface area contributed by atoms with E-state index in [9.17, 15) is 19.5 Å². The van der Waals surface area contributed by atoms with E-state index in [4.69, 9.17) is 8.83 Å². The second kappa shape index (κ2) is 7.80. The molecule has 0 aliphatic carbocycles. The van der Waals surface area contributed by atoms with Crippen molar-refractivity contribution in [2.24, 2.45) is 0 Å². The van der Waals surface area contributed by atoms with Crippen molar-refractivity contribution in [2.75, 3.05) is 6.54 Å². The number of fused-ring (bicyclic) bond motifs is 2. The number of benzene rings is 1.